The zero-order chi connectivity index (χ0) is 9.10. The molecule has 0 saturated carbocycles. The lowest BCUT2D eigenvalue weighted by molar-refractivity contribution is 0.771. The van der Waals surface area contributed by atoms with E-state index in [1.165, 1.54) is 0 Å². The van der Waals surface area contributed by atoms with Crippen molar-refractivity contribution in [3.8, 4) is 0 Å². The fourth-order valence-electron chi connectivity index (χ4n) is 0.977. The van der Waals surface area contributed by atoms with Gasteiger partial charge in [0, 0.05) is 31.7 Å². The van der Waals surface area contributed by atoms with Gasteiger partial charge < -0.3 is 5.32 Å². The molecule has 0 amide bonds. The van der Waals surface area contributed by atoms with Gasteiger partial charge in [-0.05, 0) is 0 Å². The zero-order valence-corrected chi connectivity index (χ0v) is 7.18. The van der Waals surface area contributed by atoms with Gasteiger partial charge in [-0.1, -0.05) is 0 Å². The van der Waals surface area contributed by atoms with Crippen molar-refractivity contribution in [2.24, 2.45) is 7.05 Å². The summed E-state index contributed by atoms with van der Waals surface area (Å²) in [7, 11) is 1.86. The minimum Gasteiger partial charge on any atom is -0.322 e. The number of anilines is 2. The molecule has 0 aromatic carbocycles. The fraction of sp³-hybridized carbons (Fsp3) is 0.125. The maximum Gasteiger partial charge on any atom is 0.153 e. The number of aryl methyl sites for hydroxylation is 1. The minimum absolute atomic E-state index is 0.696. The van der Waals surface area contributed by atoms with Gasteiger partial charge in [-0.3, -0.25) is 9.67 Å². The first-order valence-corrected chi connectivity index (χ1v) is 3.87. The molecule has 2 aromatic rings. The Balaban J connectivity index is 2.15. The van der Waals surface area contributed by atoms with E-state index >= 15 is 0 Å². The second-order valence-corrected chi connectivity index (χ2v) is 2.59. The molecule has 0 bridgehead atoms. The van der Waals surface area contributed by atoms with Crippen LogP contribution in [0, 0.1) is 0 Å². The van der Waals surface area contributed by atoms with Crippen LogP contribution in [-0.2, 0) is 7.05 Å². The monoisotopic (exact) mass is 175 g/mol. The van der Waals surface area contributed by atoms with E-state index in [2.05, 4.69) is 20.4 Å². The highest BCUT2D eigenvalue weighted by atomic mass is 15.3. The van der Waals surface area contributed by atoms with Gasteiger partial charge in [-0.25, -0.2) is 4.98 Å². The second-order valence-electron chi connectivity index (χ2n) is 2.59. The van der Waals surface area contributed by atoms with Crippen molar-refractivity contribution in [3.63, 3.8) is 0 Å². The first-order chi connectivity index (χ1) is 6.34. The number of nitrogens with one attached hydrogen (secondary N) is 1. The van der Waals surface area contributed by atoms with Gasteiger partial charge in [-0.15, -0.1) is 0 Å². The van der Waals surface area contributed by atoms with Crippen LogP contribution >= 0.6 is 0 Å². The molecule has 13 heavy (non-hydrogen) atoms. The Morgan fingerprint density at radius 1 is 1.31 bits per heavy atom. The van der Waals surface area contributed by atoms with Crippen molar-refractivity contribution in [2.75, 3.05) is 5.32 Å². The van der Waals surface area contributed by atoms with Crippen molar-refractivity contribution in [1.82, 2.24) is 19.7 Å². The van der Waals surface area contributed by atoms with Crippen molar-refractivity contribution in [2.45, 2.75) is 0 Å². The lowest BCUT2D eigenvalue weighted by Crippen LogP contribution is -1.95. The van der Waals surface area contributed by atoms with E-state index in [1.54, 1.807) is 23.3 Å². The van der Waals surface area contributed by atoms with Gasteiger partial charge >= 0.3 is 0 Å². The number of aromatic nitrogens is 4. The first kappa shape index (κ1) is 7.72. The zero-order valence-electron chi connectivity index (χ0n) is 7.18. The van der Waals surface area contributed by atoms with Crippen molar-refractivity contribution >= 4 is 11.6 Å². The van der Waals surface area contributed by atoms with E-state index in [0.29, 0.717) is 5.82 Å². The Bertz CT molecular complexity index is 380. The minimum atomic E-state index is 0.696. The van der Waals surface area contributed by atoms with E-state index in [0.717, 1.165) is 5.82 Å². The molecule has 0 aliphatic carbocycles. The van der Waals surface area contributed by atoms with Crippen LogP contribution in [0.5, 0.6) is 0 Å². The molecule has 5 nitrogen and oxygen atoms in total. The van der Waals surface area contributed by atoms with Crippen molar-refractivity contribution in [1.29, 1.82) is 0 Å². The first-order valence-electron chi connectivity index (χ1n) is 3.87. The van der Waals surface area contributed by atoms with Gasteiger partial charge in [0.2, 0.25) is 0 Å². The molecular weight excluding hydrogens is 166 g/mol. The summed E-state index contributed by atoms with van der Waals surface area (Å²) in [4.78, 5) is 7.99. The molecular formula is C8H9N5. The summed E-state index contributed by atoms with van der Waals surface area (Å²) in [6.07, 6.45) is 6.77. The van der Waals surface area contributed by atoms with Crippen LogP contribution < -0.4 is 5.32 Å². The molecule has 0 atom stereocenters. The highest BCUT2D eigenvalue weighted by Gasteiger charge is 1.96. The summed E-state index contributed by atoms with van der Waals surface area (Å²) in [6.45, 7) is 0. The molecule has 0 fully saturated rings. The average molecular weight is 175 g/mol. The maximum atomic E-state index is 4.14. The van der Waals surface area contributed by atoms with E-state index in [-0.39, 0.29) is 0 Å². The van der Waals surface area contributed by atoms with E-state index in [4.69, 9.17) is 0 Å². The van der Waals surface area contributed by atoms with Crippen molar-refractivity contribution < 1.29 is 0 Å². The lowest BCUT2D eigenvalue weighted by Gasteiger charge is -1.98. The van der Waals surface area contributed by atoms with Gasteiger partial charge in [-0.2, -0.15) is 5.10 Å². The van der Waals surface area contributed by atoms with Crippen LogP contribution in [0.25, 0.3) is 0 Å². The van der Waals surface area contributed by atoms with E-state index < -0.39 is 0 Å². The average Bonchev–Trinajstić information content (AvgIpc) is 2.53. The fourth-order valence-corrected chi connectivity index (χ4v) is 0.977. The molecule has 2 heterocycles. The molecule has 0 unspecified atom stereocenters. The quantitative estimate of drug-likeness (QED) is 0.738. The van der Waals surface area contributed by atoms with Gasteiger partial charge in [0.15, 0.2) is 5.82 Å². The molecule has 0 spiro atoms. The predicted molar refractivity (Wildman–Crippen MR) is 48.5 cm³/mol. The molecule has 1 N–H and O–H groups in total. The third-order valence-corrected chi connectivity index (χ3v) is 1.53. The van der Waals surface area contributed by atoms with Gasteiger partial charge in [0.05, 0.1) is 6.20 Å². The molecule has 0 aliphatic rings. The Morgan fingerprint density at radius 2 is 2.23 bits per heavy atom. The lowest BCUT2D eigenvalue weighted by atomic mass is 10.6. The third kappa shape index (κ3) is 1.81. The summed E-state index contributed by atoms with van der Waals surface area (Å²) >= 11 is 0. The molecule has 2 rings (SSSR count). The molecule has 2 aromatic heterocycles. The number of hydrogen-bond acceptors (Lipinski definition) is 4. The van der Waals surface area contributed by atoms with Crippen LogP contribution in [0.15, 0.2) is 30.9 Å². The van der Waals surface area contributed by atoms with Gasteiger partial charge in [0.25, 0.3) is 0 Å². The van der Waals surface area contributed by atoms with Crippen LogP contribution in [0.3, 0.4) is 0 Å². The summed E-state index contributed by atoms with van der Waals surface area (Å²) < 4.78 is 1.72. The Labute approximate surface area is 75.4 Å². The SMILES string of the molecule is Cn1ccc(Nc2cnccn2)n1. The molecule has 0 aliphatic heterocycles. The third-order valence-electron chi connectivity index (χ3n) is 1.53. The van der Waals surface area contributed by atoms with Crippen LogP contribution in [0.1, 0.15) is 0 Å². The van der Waals surface area contributed by atoms with E-state index in [9.17, 15) is 0 Å². The van der Waals surface area contributed by atoms with Crippen LogP contribution in [-0.4, -0.2) is 19.7 Å². The number of nitrogens with zero attached hydrogens (tertiary/aromatic N) is 4. The maximum absolute atomic E-state index is 4.14. The Kier molecular flexibility index (Phi) is 1.91. The predicted octanol–water partition coefficient (Wildman–Crippen LogP) is 0.954. The molecule has 0 saturated heterocycles. The van der Waals surface area contributed by atoms with Crippen LogP contribution in [0.2, 0.25) is 0 Å². The molecule has 66 valence electrons. The van der Waals surface area contributed by atoms with E-state index in [1.807, 2.05) is 19.3 Å². The Hall–Kier alpha value is -1.91. The standard InChI is InChI=1S/C8H9N5/c1-13-5-2-7(12-13)11-8-6-9-3-4-10-8/h2-6H,1H3,(H,10,11,12). The van der Waals surface area contributed by atoms with Crippen LogP contribution in [0.4, 0.5) is 11.6 Å². The largest absolute Gasteiger partial charge is 0.322 e. The topological polar surface area (TPSA) is 55.6 Å². The number of rotatable bonds is 2. The van der Waals surface area contributed by atoms with Crippen molar-refractivity contribution in [3.05, 3.63) is 30.9 Å². The Morgan fingerprint density at radius 3 is 2.85 bits per heavy atom. The smallest absolute Gasteiger partial charge is 0.153 e. The summed E-state index contributed by atoms with van der Waals surface area (Å²) in [5, 5.41) is 7.16. The molecule has 5 heteroatoms. The second kappa shape index (κ2) is 3.22. The highest BCUT2D eigenvalue weighted by Crippen LogP contribution is 2.08. The van der Waals surface area contributed by atoms with Gasteiger partial charge in [0.1, 0.15) is 5.82 Å². The summed E-state index contributed by atoms with van der Waals surface area (Å²) in [5.41, 5.74) is 0. The number of hydrogen-bond donors (Lipinski definition) is 1. The highest BCUT2D eigenvalue weighted by molar-refractivity contribution is 5.48. The molecule has 0 radical (unpaired) electrons. The normalized spacial score (nSPS) is 9.92. The summed E-state index contributed by atoms with van der Waals surface area (Å²) in [5.74, 6) is 1.46. The summed E-state index contributed by atoms with van der Waals surface area (Å²) in [6, 6.07) is 1.87.